The molecular formula is C17H19N9O. The van der Waals surface area contributed by atoms with Gasteiger partial charge in [-0.15, -0.1) is 5.10 Å². The first kappa shape index (κ1) is 16.9. The molecule has 10 heteroatoms. The predicted molar refractivity (Wildman–Crippen MR) is 99.1 cm³/mol. The summed E-state index contributed by atoms with van der Waals surface area (Å²) in [7, 11) is 1.77. The molecule has 2 amide bonds. The third-order valence-electron chi connectivity index (χ3n) is 4.39. The molecule has 138 valence electrons. The van der Waals surface area contributed by atoms with Crippen molar-refractivity contribution in [1.82, 2.24) is 35.1 Å². The van der Waals surface area contributed by atoms with Gasteiger partial charge in [0.25, 0.3) is 0 Å². The first-order valence-electron chi connectivity index (χ1n) is 8.61. The number of urea groups is 1. The van der Waals surface area contributed by atoms with Crippen molar-refractivity contribution in [3.63, 3.8) is 0 Å². The highest BCUT2D eigenvalue weighted by molar-refractivity contribution is 5.90. The van der Waals surface area contributed by atoms with Crippen LogP contribution in [0.25, 0.3) is 11.4 Å². The van der Waals surface area contributed by atoms with Crippen LogP contribution in [0.15, 0.2) is 42.7 Å². The molecule has 0 radical (unpaired) electrons. The van der Waals surface area contributed by atoms with E-state index in [4.69, 9.17) is 0 Å². The number of amides is 2. The molecule has 0 aliphatic carbocycles. The molecule has 1 N–H and O–H groups in total. The van der Waals surface area contributed by atoms with Crippen molar-refractivity contribution in [1.29, 1.82) is 0 Å². The van der Waals surface area contributed by atoms with Crippen molar-refractivity contribution in [2.24, 2.45) is 7.05 Å². The topological polar surface area (TPSA) is 105 Å². The number of tetrazole rings is 1. The molecule has 1 aliphatic rings. The number of hydrogen-bond acceptors (Lipinski definition) is 7. The van der Waals surface area contributed by atoms with Crippen LogP contribution in [0.1, 0.15) is 0 Å². The van der Waals surface area contributed by atoms with E-state index in [1.165, 1.54) is 0 Å². The Morgan fingerprint density at radius 1 is 1.07 bits per heavy atom. The van der Waals surface area contributed by atoms with Gasteiger partial charge in [0.1, 0.15) is 0 Å². The molecule has 0 bridgehead atoms. The van der Waals surface area contributed by atoms with E-state index in [9.17, 15) is 4.79 Å². The first-order valence-corrected chi connectivity index (χ1v) is 8.61. The van der Waals surface area contributed by atoms with E-state index in [-0.39, 0.29) is 6.03 Å². The van der Waals surface area contributed by atoms with Gasteiger partial charge in [0.05, 0.1) is 0 Å². The predicted octanol–water partition coefficient (Wildman–Crippen LogP) is 1.02. The lowest BCUT2D eigenvalue weighted by atomic mass is 10.2. The minimum atomic E-state index is -0.128. The highest BCUT2D eigenvalue weighted by Gasteiger charge is 2.22. The Bertz CT molecular complexity index is 919. The monoisotopic (exact) mass is 365 g/mol. The summed E-state index contributed by atoms with van der Waals surface area (Å²) in [6.45, 7) is 2.61. The average molecular weight is 365 g/mol. The third kappa shape index (κ3) is 3.68. The molecule has 4 rings (SSSR count). The number of nitrogens with zero attached hydrogens (tertiary/aromatic N) is 8. The Kier molecular flexibility index (Phi) is 4.60. The summed E-state index contributed by atoms with van der Waals surface area (Å²) in [4.78, 5) is 25.0. The molecule has 1 fully saturated rings. The van der Waals surface area contributed by atoms with Gasteiger partial charge < -0.3 is 15.1 Å². The van der Waals surface area contributed by atoms with Gasteiger partial charge in [-0.1, -0.05) is 12.1 Å². The Morgan fingerprint density at radius 2 is 1.85 bits per heavy atom. The lowest BCUT2D eigenvalue weighted by molar-refractivity contribution is 0.208. The number of rotatable bonds is 3. The summed E-state index contributed by atoms with van der Waals surface area (Å²) < 4.78 is 1.59. The molecule has 1 aliphatic heterocycles. The Hall–Kier alpha value is -3.56. The van der Waals surface area contributed by atoms with Crippen LogP contribution in [-0.2, 0) is 7.05 Å². The number of benzene rings is 1. The van der Waals surface area contributed by atoms with E-state index >= 15 is 0 Å². The van der Waals surface area contributed by atoms with Crippen molar-refractivity contribution >= 4 is 17.7 Å². The first-order chi connectivity index (χ1) is 13.2. The molecule has 0 spiro atoms. The van der Waals surface area contributed by atoms with Crippen LogP contribution in [0.5, 0.6) is 0 Å². The minimum absolute atomic E-state index is 0.128. The molecule has 10 nitrogen and oxygen atoms in total. The van der Waals surface area contributed by atoms with Crippen molar-refractivity contribution in [3.8, 4) is 11.4 Å². The summed E-state index contributed by atoms with van der Waals surface area (Å²) >= 11 is 0. The standard InChI is InChI=1S/C17H19N9O/c1-24-15(21-22-23-24)13-4-2-5-14(12-13)20-17(27)26-10-8-25(9-11-26)16-18-6-3-7-19-16/h2-7,12H,8-11H2,1H3,(H,20,27). The quantitative estimate of drug-likeness (QED) is 0.739. The van der Waals surface area contributed by atoms with Crippen LogP contribution in [0.4, 0.5) is 16.4 Å². The van der Waals surface area contributed by atoms with Gasteiger partial charge in [0.15, 0.2) is 5.82 Å². The maximum absolute atomic E-state index is 12.6. The van der Waals surface area contributed by atoms with E-state index in [0.29, 0.717) is 43.6 Å². The van der Waals surface area contributed by atoms with E-state index in [1.54, 1.807) is 35.1 Å². The van der Waals surface area contributed by atoms with Gasteiger partial charge in [-0.05, 0) is 28.6 Å². The van der Waals surface area contributed by atoms with E-state index < -0.39 is 0 Å². The molecular weight excluding hydrogens is 346 g/mol. The third-order valence-corrected chi connectivity index (χ3v) is 4.39. The number of carbonyl (C=O) groups is 1. The van der Waals surface area contributed by atoms with E-state index in [2.05, 4.69) is 35.7 Å². The fraction of sp³-hybridized carbons (Fsp3) is 0.294. The van der Waals surface area contributed by atoms with Crippen molar-refractivity contribution in [3.05, 3.63) is 42.7 Å². The Morgan fingerprint density at radius 3 is 2.56 bits per heavy atom. The second-order valence-electron chi connectivity index (χ2n) is 6.16. The largest absolute Gasteiger partial charge is 0.337 e. The van der Waals surface area contributed by atoms with Crippen LogP contribution in [0, 0.1) is 0 Å². The fourth-order valence-electron chi connectivity index (χ4n) is 2.98. The van der Waals surface area contributed by atoms with Crippen molar-refractivity contribution in [2.75, 3.05) is 36.4 Å². The van der Waals surface area contributed by atoms with Crippen LogP contribution >= 0.6 is 0 Å². The minimum Gasteiger partial charge on any atom is -0.337 e. The molecule has 1 aromatic carbocycles. The van der Waals surface area contributed by atoms with Gasteiger partial charge in [0.2, 0.25) is 5.95 Å². The Balaban J connectivity index is 1.38. The molecule has 3 heterocycles. The number of nitrogens with one attached hydrogen (secondary N) is 1. The zero-order chi connectivity index (χ0) is 18.6. The summed E-state index contributed by atoms with van der Waals surface area (Å²) in [5, 5.41) is 14.4. The average Bonchev–Trinajstić information content (AvgIpc) is 3.15. The summed E-state index contributed by atoms with van der Waals surface area (Å²) in [5.74, 6) is 1.34. The number of aryl methyl sites for hydroxylation is 1. The number of hydrogen-bond donors (Lipinski definition) is 1. The summed E-state index contributed by atoms with van der Waals surface area (Å²) in [6.07, 6.45) is 3.45. The number of anilines is 2. The fourth-order valence-corrected chi connectivity index (χ4v) is 2.98. The van der Waals surface area contributed by atoms with Gasteiger partial charge in [0, 0.05) is 56.9 Å². The summed E-state index contributed by atoms with van der Waals surface area (Å²) in [5.41, 5.74) is 1.54. The Labute approximate surface area is 155 Å². The van der Waals surface area contributed by atoms with Gasteiger partial charge in [-0.2, -0.15) is 0 Å². The van der Waals surface area contributed by atoms with Crippen LogP contribution in [0.2, 0.25) is 0 Å². The second-order valence-corrected chi connectivity index (χ2v) is 6.16. The molecule has 3 aromatic rings. The summed E-state index contributed by atoms with van der Waals surface area (Å²) in [6, 6.07) is 9.14. The van der Waals surface area contributed by atoms with Gasteiger partial charge >= 0.3 is 6.03 Å². The molecule has 0 atom stereocenters. The maximum atomic E-state index is 12.6. The van der Waals surface area contributed by atoms with Crippen LogP contribution in [-0.4, -0.2) is 67.3 Å². The van der Waals surface area contributed by atoms with Gasteiger partial charge in [-0.25, -0.2) is 19.4 Å². The molecule has 2 aromatic heterocycles. The van der Waals surface area contributed by atoms with E-state index in [0.717, 1.165) is 5.56 Å². The molecule has 1 saturated heterocycles. The van der Waals surface area contributed by atoms with Crippen LogP contribution < -0.4 is 10.2 Å². The molecule has 0 unspecified atom stereocenters. The number of piperazine rings is 1. The smallest absolute Gasteiger partial charge is 0.321 e. The lowest BCUT2D eigenvalue weighted by Gasteiger charge is -2.34. The van der Waals surface area contributed by atoms with Gasteiger partial charge in [-0.3, -0.25) is 0 Å². The maximum Gasteiger partial charge on any atom is 0.321 e. The highest BCUT2D eigenvalue weighted by atomic mass is 16.2. The second kappa shape index (κ2) is 7.36. The lowest BCUT2D eigenvalue weighted by Crippen LogP contribution is -2.50. The zero-order valence-corrected chi connectivity index (χ0v) is 14.9. The molecule has 27 heavy (non-hydrogen) atoms. The number of carbonyl (C=O) groups excluding carboxylic acids is 1. The SMILES string of the molecule is Cn1nnnc1-c1cccc(NC(=O)N2CCN(c3ncccn3)CC2)c1. The zero-order valence-electron chi connectivity index (χ0n) is 14.9. The van der Waals surface area contributed by atoms with Crippen molar-refractivity contribution in [2.45, 2.75) is 0 Å². The normalized spacial score (nSPS) is 14.3. The van der Waals surface area contributed by atoms with Crippen molar-refractivity contribution < 1.29 is 4.79 Å². The van der Waals surface area contributed by atoms with E-state index in [1.807, 2.05) is 24.3 Å². The number of aromatic nitrogens is 6. The molecule has 0 saturated carbocycles. The highest BCUT2D eigenvalue weighted by Crippen LogP contribution is 2.20. The van der Waals surface area contributed by atoms with Crippen LogP contribution in [0.3, 0.4) is 0 Å².